The van der Waals surface area contributed by atoms with Crippen molar-refractivity contribution in [3.8, 4) is 11.5 Å². The van der Waals surface area contributed by atoms with E-state index in [0.717, 1.165) is 44.5 Å². The average Bonchev–Trinajstić information content (AvgIpc) is 2.60. The molecule has 1 saturated heterocycles. The van der Waals surface area contributed by atoms with E-state index in [1.54, 1.807) is 13.2 Å². The molecule has 0 N–H and O–H groups in total. The fourth-order valence-electron chi connectivity index (χ4n) is 2.92. The molecule has 24 heavy (non-hydrogen) atoms. The molecule has 3 rings (SSSR count). The molecule has 0 spiro atoms. The van der Waals surface area contributed by atoms with Crippen LogP contribution in [-0.4, -0.2) is 63.3 Å². The van der Waals surface area contributed by atoms with Gasteiger partial charge in [-0.1, -0.05) is 0 Å². The summed E-state index contributed by atoms with van der Waals surface area (Å²) in [7, 11) is 3.74. The Morgan fingerprint density at radius 2 is 1.88 bits per heavy atom. The SMILES string of the molecule is COc1ccc2ccc(=O)oc2c1OCCCN1CCN(C)CC1. The van der Waals surface area contributed by atoms with Gasteiger partial charge in [0.25, 0.3) is 0 Å². The Balaban J connectivity index is 1.64. The van der Waals surface area contributed by atoms with Gasteiger partial charge in [0.15, 0.2) is 11.3 Å². The second kappa shape index (κ2) is 7.68. The summed E-state index contributed by atoms with van der Waals surface area (Å²) in [5.41, 5.74) is 0.0551. The van der Waals surface area contributed by atoms with Gasteiger partial charge in [-0.15, -0.1) is 0 Å². The van der Waals surface area contributed by atoms with E-state index >= 15 is 0 Å². The number of hydrogen-bond donors (Lipinski definition) is 0. The maximum atomic E-state index is 11.5. The highest BCUT2D eigenvalue weighted by atomic mass is 16.5. The Labute approximate surface area is 141 Å². The van der Waals surface area contributed by atoms with Crippen LogP contribution in [0.2, 0.25) is 0 Å². The molecular weight excluding hydrogens is 308 g/mol. The largest absolute Gasteiger partial charge is 0.493 e. The van der Waals surface area contributed by atoms with E-state index in [1.165, 1.54) is 6.07 Å². The molecule has 0 amide bonds. The van der Waals surface area contributed by atoms with Crippen LogP contribution < -0.4 is 15.1 Å². The Hall–Kier alpha value is -2.05. The Morgan fingerprint density at radius 3 is 2.62 bits per heavy atom. The molecule has 0 bridgehead atoms. The normalized spacial score (nSPS) is 16.4. The van der Waals surface area contributed by atoms with Crippen LogP contribution in [0.5, 0.6) is 11.5 Å². The van der Waals surface area contributed by atoms with Crippen molar-refractivity contribution in [3.05, 3.63) is 34.7 Å². The lowest BCUT2D eigenvalue weighted by atomic mass is 10.2. The zero-order chi connectivity index (χ0) is 16.9. The highest BCUT2D eigenvalue weighted by Gasteiger charge is 2.15. The third kappa shape index (κ3) is 3.88. The number of fused-ring (bicyclic) bond motifs is 1. The molecule has 2 heterocycles. The van der Waals surface area contributed by atoms with Crippen molar-refractivity contribution in [1.29, 1.82) is 0 Å². The van der Waals surface area contributed by atoms with Gasteiger partial charge in [0.05, 0.1) is 13.7 Å². The first-order chi connectivity index (χ1) is 11.7. The first kappa shape index (κ1) is 16.8. The van der Waals surface area contributed by atoms with E-state index in [2.05, 4.69) is 16.8 Å². The van der Waals surface area contributed by atoms with Gasteiger partial charge in [-0.25, -0.2) is 4.79 Å². The predicted octanol–water partition coefficient (Wildman–Crippen LogP) is 1.82. The second-order valence-electron chi connectivity index (χ2n) is 6.12. The van der Waals surface area contributed by atoms with Gasteiger partial charge < -0.3 is 23.7 Å². The molecule has 6 heteroatoms. The zero-order valence-corrected chi connectivity index (χ0v) is 14.3. The van der Waals surface area contributed by atoms with Gasteiger partial charge in [-0.05, 0) is 31.7 Å². The Kier molecular flexibility index (Phi) is 5.37. The number of ether oxygens (including phenoxy) is 2. The number of piperazine rings is 1. The minimum Gasteiger partial charge on any atom is -0.493 e. The molecule has 1 aliphatic rings. The second-order valence-corrected chi connectivity index (χ2v) is 6.12. The molecule has 1 aromatic carbocycles. The first-order valence-corrected chi connectivity index (χ1v) is 8.32. The first-order valence-electron chi connectivity index (χ1n) is 8.32. The molecule has 0 saturated carbocycles. The summed E-state index contributed by atoms with van der Waals surface area (Å²) >= 11 is 0. The van der Waals surface area contributed by atoms with Gasteiger partial charge >= 0.3 is 5.63 Å². The molecule has 0 radical (unpaired) electrons. The topological polar surface area (TPSA) is 55.2 Å². The van der Waals surface area contributed by atoms with Gasteiger partial charge in [-0.2, -0.15) is 0 Å². The van der Waals surface area contributed by atoms with Crippen molar-refractivity contribution in [1.82, 2.24) is 9.80 Å². The van der Waals surface area contributed by atoms with Gasteiger partial charge in [0.1, 0.15) is 0 Å². The van der Waals surface area contributed by atoms with E-state index in [-0.39, 0.29) is 0 Å². The van der Waals surface area contributed by atoms with Crippen LogP contribution >= 0.6 is 0 Å². The molecule has 1 aromatic heterocycles. The number of rotatable bonds is 6. The van der Waals surface area contributed by atoms with Crippen LogP contribution in [-0.2, 0) is 0 Å². The number of likely N-dealkylation sites (N-methyl/N-ethyl adjacent to an activating group) is 1. The summed E-state index contributed by atoms with van der Waals surface area (Å²) in [6.07, 6.45) is 0.917. The quantitative estimate of drug-likeness (QED) is 0.594. The summed E-state index contributed by atoms with van der Waals surface area (Å²) < 4.78 is 16.6. The number of hydrogen-bond acceptors (Lipinski definition) is 6. The molecule has 130 valence electrons. The minimum atomic E-state index is -0.391. The van der Waals surface area contributed by atoms with Crippen LogP contribution in [0.4, 0.5) is 0 Å². The summed E-state index contributed by atoms with van der Waals surface area (Å²) in [6, 6.07) is 6.83. The van der Waals surface area contributed by atoms with Crippen LogP contribution in [0, 0.1) is 0 Å². The van der Waals surface area contributed by atoms with E-state index in [4.69, 9.17) is 13.9 Å². The van der Waals surface area contributed by atoms with Gasteiger partial charge in [0.2, 0.25) is 5.75 Å². The van der Waals surface area contributed by atoms with Crippen molar-refractivity contribution in [2.24, 2.45) is 0 Å². The molecule has 1 aliphatic heterocycles. The van der Waals surface area contributed by atoms with Gasteiger partial charge in [-0.3, -0.25) is 0 Å². The maximum Gasteiger partial charge on any atom is 0.336 e. The highest BCUT2D eigenvalue weighted by molar-refractivity contribution is 5.85. The van der Waals surface area contributed by atoms with Crippen molar-refractivity contribution < 1.29 is 13.9 Å². The van der Waals surface area contributed by atoms with Crippen molar-refractivity contribution in [3.63, 3.8) is 0 Å². The smallest absolute Gasteiger partial charge is 0.336 e. The summed E-state index contributed by atoms with van der Waals surface area (Å²) in [6.45, 7) is 5.99. The number of methoxy groups -OCH3 is 1. The molecule has 1 fully saturated rings. The third-order valence-corrected chi connectivity index (χ3v) is 4.39. The molecule has 0 aliphatic carbocycles. The lowest BCUT2D eigenvalue weighted by Gasteiger charge is -2.32. The fraction of sp³-hybridized carbons (Fsp3) is 0.500. The minimum absolute atomic E-state index is 0.391. The van der Waals surface area contributed by atoms with E-state index < -0.39 is 5.63 Å². The average molecular weight is 332 g/mol. The van der Waals surface area contributed by atoms with Crippen LogP contribution in [0.15, 0.2) is 33.5 Å². The van der Waals surface area contributed by atoms with E-state index in [9.17, 15) is 4.79 Å². The number of benzene rings is 1. The molecule has 0 atom stereocenters. The lowest BCUT2D eigenvalue weighted by Crippen LogP contribution is -2.44. The summed E-state index contributed by atoms with van der Waals surface area (Å²) in [5.74, 6) is 1.09. The lowest BCUT2D eigenvalue weighted by molar-refractivity contribution is 0.145. The fourth-order valence-corrected chi connectivity index (χ4v) is 2.92. The van der Waals surface area contributed by atoms with Crippen LogP contribution in [0.1, 0.15) is 6.42 Å². The van der Waals surface area contributed by atoms with Crippen LogP contribution in [0.25, 0.3) is 11.0 Å². The van der Waals surface area contributed by atoms with E-state index in [1.807, 2.05) is 12.1 Å². The number of nitrogens with zero attached hydrogens (tertiary/aromatic N) is 2. The predicted molar refractivity (Wildman–Crippen MR) is 93.1 cm³/mol. The summed E-state index contributed by atoms with van der Waals surface area (Å²) in [4.78, 5) is 16.3. The van der Waals surface area contributed by atoms with Crippen molar-refractivity contribution in [2.45, 2.75) is 6.42 Å². The molecule has 6 nitrogen and oxygen atoms in total. The third-order valence-electron chi connectivity index (χ3n) is 4.39. The van der Waals surface area contributed by atoms with Crippen LogP contribution in [0.3, 0.4) is 0 Å². The summed E-state index contributed by atoms with van der Waals surface area (Å²) in [5, 5.41) is 0.824. The van der Waals surface area contributed by atoms with Crippen molar-refractivity contribution >= 4 is 11.0 Å². The van der Waals surface area contributed by atoms with Gasteiger partial charge in [0, 0.05) is 44.2 Å². The monoisotopic (exact) mass is 332 g/mol. The van der Waals surface area contributed by atoms with Crippen molar-refractivity contribution in [2.75, 3.05) is 53.5 Å². The molecular formula is C18H24N2O4. The van der Waals surface area contributed by atoms with E-state index in [0.29, 0.717) is 23.7 Å². The molecule has 2 aromatic rings. The maximum absolute atomic E-state index is 11.5. The zero-order valence-electron chi connectivity index (χ0n) is 14.3. The molecule has 0 unspecified atom stereocenters. The standard InChI is InChI=1S/C18H24N2O4/c1-19-9-11-20(12-10-19)8-3-13-23-18-15(22-2)6-4-14-5-7-16(21)24-17(14)18/h4-7H,3,8-13H2,1-2H3. The Bertz CT molecular complexity index is 735. The Morgan fingerprint density at radius 1 is 1.12 bits per heavy atom. The highest BCUT2D eigenvalue weighted by Crippen LogP contribution is 2.34.